The number of hydrogen-bond acceptors (Lipinski definition) is 10. The van der Waals surface area contributed by atoms with Crippen LogP contribution in [0.4, 0.5) is 0 Å². The van der Waals surface area contributed by atoms with E-state index in [9.17, 15) is 4.79 Å². The van der Waals surface area contributed by atoms with Crippen LogP contribution in [-0.4, -0.2) is 45.5 Å². The minimum atomic E-state index is -0.269. The summed E-state index contributed by atoms with van der Waals surface area (Å²) in [6, 6.07) is 13.2. The van der Waals surface area contributed by atoms with Crippen molar-refractivity contribution in [2.24, 2.45) is 0 Å². The summed E-state index contributed by atoms with van der Waals surface area (Å²) in [6.45, 7) is 2.33. The molecule has 0 saturated heterocycles. The standard InChI is InChI=1S/C21H18N8O2S2/c1-2-11-32-20-23-18-17(22-12-16(30)28(18)13-15-9-6-10-31-15)19(24-20)33-21-25-26-27-29(21)14-7-4-3-5-8-14/h3-10,12H,2,11,13H2,1H3. The van der Waals surface area contributed by atoms with Crippen LogP contribution < -0.4 is 5.56 Å². The van der Waals surface area contributed by atoms with Gasteiger partial charge in [-0.25, -0.2) is 15.0 Å². The van der Waals surface area contributed by atoms with E-state index in [0.29, 0.717) is 32.3 Å². The number of hydrogen-bond donors (Lipinski definition) is 0. The van der Waals surface area contributed by atoms with Crippen molar-refractivity contribution in [2.75, 3.05) is 5.75 Å². The third-order valence-corrected chi connectivity index (χ3v) is 6.57. The maximum atomic E-state index is 12.7. The average Bonchev–Trinajstić information content (AvgIpc) is 3.52. The molecule has 0 unspecified atom stereocenters. The molecule has 0 atom stereocenters. The fourth-order valence-corrected chi connectivity index (χ4v) is 4.70. The van der Waals surface area contributed by atoms with E-state index in [0.717, 1.165) is 17.9 Å². The molecule has 0 aliphatic heterocycles. The molecule has 0 saturated carbocycles. The number of para-hydroxylation sites is 1. The summed E-state index contributed by atoms with van der Waals surface area (Å²) in [6.07, 6.45) is 3.82. The van der Waals surface area contributed by atoms with Crippen LogP contribution in [0.3, 0.4) is 0 Å². The molecule has 0 bridgehead atoms. The summed E-state index contributed by atoms with van der Waals surface area (Å²) in [5.74, 6) is 1.49. The van der Waals surface area contributed by atoms with Crippen molar-refractivity contribution >= 4 is 34.7 Å². The van der Waals surface area contributed by atoms with E-state index in [1.165, 1.54) is 29.7 Å². The fourth-order valence-electron chi connectivity index (χ4n) is 3.10. The molecule has 12 heteroatoms. The van der Waals surface area contributed by atoms with Crippen LogP contribution in [0.25, 0.3) is 16.9 Å². The first-order valence-corrected chi connectivity index (χ1v) is 12.0. The zero-order chi connectivity index (χ0) is 22.6. The van der Waals surface area contributed by atoms with E-state index in [2.05, 4.69) is 32.4 Å². The molecule has 166 valence electrons. The van der Waals surface area contributed by atoms with Gasteiger partial charge in [-0.3, -0.25) is 9.36 Å². The number of thioether (sulfide) groups is 1. The highest BCUT2D eigenvalue weighted by Gasteiger charge is 2.19. The number of nitrogens with zero attached hydrogens (tertiary/aromatic N) is 8. The normalized spacial score (nSPS) is 11.3. The summed E-state index contributed by atoms with van der Waals surface area (Å²) in [5.41, 5.74) is 1.49. The molecule has 4 heterocycles. The topological polar surface area (TPSA) is 117 Å². The van der Waals surface area contributed by atoms with Gasteiger partial charge in [0.05, 0.1) is 24.7 Å². The Labute approximate surface area is 196 Å². The number of aromatic nitrogens is 8. The predicted molar refractivity (Wildman–Crippen MR) is 124 cm³/mol. The molecule has 0 amide bonds. The van der Waals surface area contributed by atoms with Crippen molar-refractivity contribution < 1.29 is 4.42 Å². The van der Waals surface area contributed by atoms with E-state index in [1.54, 1.807) is 21.6 Å². The molecule has 5 aromatic rings. The lowest BCUT2D eigenvalue weighted by atomic mass is 10.3. The minimum Gasteiger partial charge on any atom is -0.467 e. The highest BCUT2D eigenvalue weighted by atomic mass is 32.2. The van der Waals surface area contributed by atoms with E-state index >= 15 is 0 Å². The zero-order valence-corrected chi connectivity index (χ0v) is 19.2. The molecular weight excluding hydrogens is 460 g/mol. The minimum absolute atomic E-state index is 0.242. The summed E-state index contributed by atoms with van der Waals surface area (Å²) >= 11 is 2.80. The molecule has 0 aliphatic rings. The van der Waals surface area contributed by atoms with Crippen LogP contribution in [-0.2, 0) is 6.54 Å². The van der Waals surface area contributed by atoms with Crippen LogP contribution >= 0.6 is 23.5 Å². The quantitative estimate of drug-likeness (QED) is 0.186. The van der Waals surface area contributed by atoms with Crippen LogP contribution in [0.15, 0.2) is 79.5 Å². The van der Waals surface area contributed by atoms with E-state index in [1.807, 2.05) is 36.4 Å². The van der Waals surface area contributed by atoms with Gasteiger partial charge < -0.3 is 4.42 Å². The molecule has 0 radical (unpaired) electrons. The van der Waals surface area contributed by atoms with Crippen LogP contribution in [0.2, 0.25) is 0 Å². The van der Waals surface area contributed by atoms with Gasteiger partial charge in [0.2, 0.25) is 5.16 Å². The highest BCUT2D eigenvalue weighted by Crippen LogP contribution is 2.31. The third-order valence-electron chi connectivity index (χ3n) is 4.60. The zero-order valence-electron chi connectivity index (χ0n) is 17.5. The van der Waals surface area contributed by atoms with Crippen molar-refractivity contribution in [2.45, 2.75) is 35.2 Å². The monoisotopic (exact) mass is 478 g/mol. The second kappa shape index (κ2) is 9.55. The van der Waals surface area contributed by atoms with Crippen molar-refractivity contribution in [3.63, 3.8) is 0 Å². The SMILES string of the molecule is CCCSc1nc(Sc2nnnn2-c2ccccc2)c2ncc(=O)n(Cc3ccco3)c2n1. The number of benzene rings is 1. The summed E-state index contributed by atoms with van der Waals surface area (Å²) in [4.78, 5) is 26.5. The fraction of sp³-hybridized carbons (Fsp3) is 0.190. The Morgan fingerprint density at radius 3 is 2.76 bits per heavy atom. The van der Waals surface area contributed by atoms with E-state index < -0.39 is 0 Å². The second-order valence-electron chi connectivity index (χ2n) is 6.90. The van der Waals surface area contributed by atoms with Crippen molar-refractivity contribution in [1.82, 2.24) is 39.7 Å². The predicted octanol–water partition coefficient (Wildman–Crippen LogP) is 3.46. The Morgan fingerprint density at radius 1 is 1.09 bits per heavy atom. The van der Waals surface area contributed by atoms with Crippen molar-refractivity contribution in [3.05, 3.63) is 71.0 Å². The third kappa shape index (κ3) is 4.52. The first kappa shape index (κ1) is 21.3. The molecule has 0 N–H and O–H groups in total. The molecule has 4 aromatic heterocycles. The number of furan rings is 1. The maximum absolute atomic E-state index is 12.7. The summed E-state index contributed by atoms with van der Waals surface area (Å²) in [7, 11) is 0. The molecule has 33 heavy (non-hydrogen) atoms. The second-order valence-corrected chi connectivity index (χ2v) is 8.92. The van der Waals surface area contributed by atoms with E-state index in [-0.39, 0.29) is 12.1 Å². The molecule has 10 nitrogen and oxygen atoms in total. The van der Waals surface area contributed by atoms with Crippen LogP contribution in [0, 0.1) is 0 Å². The Balaban J connectivity index is 1.63. The van der Waals surface area contributed by atoms with Gasteiger partial charge >= 0.3 is 0 Å². The van der Waals surface area contributed by atoms with Gasteiger partial charge in [0.15, 0.2) is 10.8 Å². The number of tetrazole rings is 1. The lowest BCUT2D eigenvalue weighted by molar-refractivity contribution is 0.492. The molecule has 5 rings (SSSR count). The molecule has 0 fully saturated rings. The summed E-state index contributed by atoms with van der Waals surface area (Å²) in [5, 5.41) is 13.8. The van der Waals surface area contributed by atoms with Gasteiger partial charge in [-0.05, 0) is 52.9 Å². The lowest BCUT2D eigenvalue weighted by Crippen LogP contribution is -2.22. The van der Waals surface area contributed by atoms with Gasteiger partial charge in [0.1, 0.15) is 16.3 Å². The van der Waals surface area contributed by atoms with E-state index in [4.69, 9.17) is 9.40 Å². The van der Waals surface area contributed by atoms with Gasteiger partial charge in [-0.2, -0.15) is 4.68 Å². The lowest BCUT2D eigenvalue weighted by Gasteiger charge is -2.11. The first-order chi connectivity index (χ1) is 16.2. The highest BCUT2D eigenvalue weighted by molar-refractivity contribution is 7.99. The largest absolute Gasteiger partial charge is 0.467 e. The van der Waals surface area contributed by atoms with Gasteiger partial charge in [-0.15, -0.1) is 5.10 Å². The number of rotatable bonds is 8. The molecule has 1 aromatic carbocycles. The van der Waals surface area contributed by atoms with Crippen molar-refractivity contribution in [1.29, 1.82) is 0 Å². The Hall–Kier alpha value is -3.51. The van der Waals surface area contributed by atoms with Gasteiger partial charge in [0.25, 0.3) is 5.56 Å². The first-order valence-electron chi connectivity index (χ1n) is 10.2. The maximum Gasteiger partial charge on any atom is 0.271 e. The van der Waals surface area contributed by atoms with Gasteiger partial charge in [-0.1, -0.05) is 36.9 Å². The van der Waals surface area contributed by atoms with Crippen molar-refractivity contribution in [3.8, 4) is 5.69 Å². The van der Waals surface area contributed by atoms with Crippen LogP contribution in [0.1, 0.15) is 19.1 Å². The molecule has 0 spiro atoms. The molecular formula is C21H18N8O2S2. The molecule has 0 aliphatic carbocycles. The summed E-state index contributed by atoms with van der Waals surface area (Å²) < 4.78 is 8.63. The Kier molecular flexibility index (Phi) is 6.17. The smallest absolute Gasteiger partial charge is 0.271 e. The number of fused-ring (bicyclic) bond motifs is 1. The van der Waals surface area contributed by atoms with Gasteiger partial charge in [0, 0.05) is 5.75 Å². The Bertz CT molecular complexity index is 1430. The average molecular weight is 479 g/mol. The Morgan fingerprint density at radius 2 is 1.97 bits per heavy atom. The van der Waals surface area contributed by atoms with Crippen LogP contribution in [0.5, 0.6) is 0 Å².